The molecule has 0 atom stereocenters. The second kappa shape index (κ2) is 7.34. The number of fused-ring (bicyclic) bond motifs is 1. The van der Waals surface area contributed by atoms with Crippen LogP contribution in [0.5, 0.6) is 0 Å². The van der Waals surface area contributed by atoms with E-state index in [1.54, 1.807) is 12.1 Å². The average Bonchev–Trinajstić information content (AvgIpc) is 2.94. The maximum Gasteiger partial charge on any atom is 0.453 e. The summed E-state index contributed by atoms with van der Waals surface area (Å²) in [5, 5.41) is 10.9. The molecule has 4 rings (SSSR count). The zero-order valence-electron chi connectivity index (χ0n) is 14.9. The van der Waals surface area contributed by atoms with E-state index in [1.165, 1.54) is 18.2 Å². The highest BCUT2D eigenvalue weighted by Crippen LogP contribution is 2.28. The van der Waals surface area contributed by atoms with Gasteiger partial charge in [-0.3, -0.25) is 4.90 Å². The fourth-order valence-corrected chi connectivity index (χ4v) is 3.38. The van der Waals surface area contributed by atoms with Gasteiger partial charge in [0.2, 0.25) is 0 Å². The van der Waals surface area contributed by atoms with Gasteiger partial charge in [-0.1, -0.05) is 12.1 Å². The quantitative estimate of drug-likeness (QED) is 0.640. The van der Waals surface area contributed by atoms with Crippen LogP contribution >= 0.6 is 0 Å². The van der Waals surface area contributed by atoms with Crippen LogP contribution in [-0.4, -0.2) is 50.9 Å². The van der Waals surface area contributed by atoms with Crippen molar-refractivity contribution in [3.8, 4) is 0 Å². The van der Waals surface area contributed by atoms with Crippen molar-refractivity contribution in [2.75, 3.05) is 31.1 Å². The molecule has 0 spiro atoms. The van der Waals surface area contributed by atoms with Crippen LogP contribution in [0.4, 0.5) is 23.4 Å². The summed E-state index contributed by atoms with van der Waals surface area (Å²) in [5.74, 6) is -0.946. The van der Waals surface area contributed by atoms with Crippen molar-refractivity contribution in [1.82, 2.24) is 24.7 Å². The molecule has 1 fully saturated rings. The molecule has 1 aliphatic rings. The largest absolute Gasteiger partial charge is 0.453 e. The molecular formula is C18H18F4N6. The van der Waals surface area contributed by atoms with Crippen LogP contribution in [0.15, 0.2) is 36.4 Å². The Morgan fingerprint density at radius 2 is 1.82 bits per heavy atom. The van der Waals surface area contributed by atoms with E-state index >= 15 is 0 Å². The first-order valence-electron chi connectivity index (χ1n) is 8.91. The lowest BCUT2D eigenvalue weighted by Gasteiger charge is -2.22. The summed E-state index contributed by atoms with van der Waals surface area (Å²) in [6.07, 6.45) is -3.80. The minimum Gasteiger partial charge on any atom is -0.354 e. The highest BCUT2D eigenvalue weighted by atomic mass is 19.4. The number of rotatable bonds is 3. The van der Waals surface area contributed by atoms with E-state index in [-0.39, 0.29) is 11.5 Å². The third-order valence-electron chi connectivity index (χ3n) is 4.71. The molecule has 6 nitrogen and oxygen atoms in total. The van der Waals surface area contributed by atoms with Gasteiger partial charge in [-0.25, -0.2) is 4.39 Å². The lowest BCUT2D eigenvalue weighted by atomic mass is 10.2. The summed E-state index contributed by atoms with van der Waals surface area (Å²) in [4.78, 5) is 4.15. The molecule has 0 amide bonds. The summed E-state index contributed by atoms with van der Waals surface area (Å²) in [5.41, 5.74) is 0.950. The second-order valence-electron chi connectivity index (χ2n) is 6.73. The van der Waals surface area contributed by atoms with Gasteiger partial charge in [0.05, 0.1) is 0 Å². The van der Waals surface area contributed by atoms with Gasteiger partial charge >= 0.3 is 6.18 Å². The lowest BCUT2D eigenvalue weighted by Crippen LogP contribution is -2.31. The Balaban J connectivity index is 1.49. The van der Waals surface area contributed by atoms with Crippen LogP contribution in [0.3, 0.4) is 0 Å². The maximum atomic E-state index is 13.4. The molecule has 0 aliphatic carbocycles. The van der Waals surface area contributed by atoms with Crippen LogP contribution in [0.2, 0.25) is 0 Å². The van der Waals surface area contributed by atoms with Crippen molar-refractivity contribution in [1.29, 1.82) is 0 Å². The Labute approximate surface area is 158 Å². The van der Waals surface area contributed by atoms with Crippen molar-refractivity contribution in [3.05, 3.63) is 53.6 Å². The summed E-state index contributed by atoms with van der Waals surface area (Å²) in [6.45, 7) is 3.42. The predicted molar refractivity (Wildman–Crippen MR) is 94.3 cm³/mol. The van der Waals surface area contributed by atoms with Gasteiger partial charge in [0.15, 0.2) is 5.65 Å². The van der Waals surface area contributed by atoms with Gasteiger partial charge in [0, 0.05) is 32.7 Å². The molecule has 0 bridgehead atoms. The molecule has 0 N–H and O–H groups in total. The molecule has 0 saturated carbocycles. The fourth-order valence-electron chi connectivity index (χ4n) is 3.38. The van der Waals surface area contributed by atoms with E-state index in [0.717, 1.165) is 23.0 Å². The third kappa shape index (κ3) is 3.91. The summed E-state index contributed by atoms with van der Waals surface area (Å²) in [6, 6.07) is 9.64. The normalized spacial score (nSPS) is 16.5. The van der Waals surface area contributed by atoms with Gasteiger partial charge < -0.3 is 4.90 Å². The number of aromatic nitrogens is 4. The van der Waals surface area contributed by atoms with Crippen LogP contribution in [0.1, 0.15) is 17.8 Å². The number of halogens is 4. The number of hydrogen-bond donors (Lipinski definition) is 0. The second-order valence-corrected chi connectivity index (χ2v) is 6.73. The van der Waals surface area contributed by atoms with Gasteiger partial charge in [-0.2, -0.15) is 17.7 Å². The SMILES string of the molecule is Fc1cccc(CN2CCCN(c3ccc4nnc(C(F)(F)F)n4n3)CC2)c1. The number of alkyl halides is 3. The number of nitrogens with zero attached hydrogens (tertiary/aromatic N) is 6. The Kier molecular flexibility index (Phi) is 4.88. The molecule has 0 radical (unpaired) electrons. The monoisotopic (exact) mass is 394 g/mol. The highest BCUT2D eigenvalue weighted by Gasteiger charge is 2.37. The number of hydrogen-bond acceptors (Lipinski definition) is 5. The molecule has 28 heavy (non-hydrogen) atoms. The first-order chi connectivity index (χ1) is 13.4. The first-order valence-corrected chi connectivity index (χ1v) is 8.91. The molecular weight excluding hydrogens is 376 g/mol. The van der Waals surface area contributed by atoms with Crippen molar-refractivity contribution >= 4 is 11.5 Å². The minimum atomic E-state index is -4.62. The highest BCUT2D eigenvalue weighted by molar-refractivity contribution is 5.46. The fraction of sp³-hybridized carbons (Fsp3) is 0.389. The summed E-state index contributed by atoms with van der Waals surface area (Å²) < 4.78 is 53.3. The van der Waals surface area contributed by atoms with E-state index in [0.29, 0.717) is 32.0 Å². The molecule has 1 saturated heterocycles. The van der Waals surface area contributed by atoms with Gasteiger partial charge in [0.25, 0.3) is 5.82 Å². The maximum absolute atomic E-state index is 13.4. The van der Waals surface area contributed by atoms with Crippen molar-refractivity contribution in [2.45, 2.75) is 19.1 Å². The van der Waals surface area contributed by atoms with E-state index in [2.05, 4.69) is 20.2 Å². The van der Waals surface area contributed by atoms with Crippen molar-refractivity contribution in [3.63, 3.8) is 0 Å². The Morgan fingerprint density at radius 1 is 0.964 bits per heavy atom. The van der Waals surface area contributed by atoms with Gasteiger partial charge in [-0.05, 0) is 36.2 Å². The van der Waals surface area contributed by atoms with Crippen LogP contribution in [-0.2, 0) is 12.7 Å². The van der Waals surface area contributed by atoms with Crippen LogP contribution in [0.25, 0.3) is 5.65 Å². The lowest BCUT2D eigenvalue weighted by molar-refractivity contribution is -0.146. The average molecular weight is 394 g/mol. The van der Waals surface area contributed by atoms with E-state index in [1.807, 2.05) is 11.0 Å². The topological polar surface area (TPSA) is 49.6 Å². The molecule has 0 unspecified atom stereocenters. The standard InChI is InChI=1S/C18H18F4N6/c19-14-4-1-3-13(11-14)12-26-7-2-8-27(10-9-26)16-6-5-15-23-24-17(18(20,21)22)28(15)25-16/h1,3-6,11H,2,7-10,12H2. The molecule has 3 heterocycles. The Bertz CT molecular complexity index is 970. The van der Waals surface area contributed by atoms with Crippen LogP contribution < -0.4 is 4.90 Å². The minimum absolute atomic E-state index is 0.0543. The third-order valence-corrected chi connectivity index (χ3v) is 4.71. The number of anilines is 1. The van der Waals surface area contributed by atoms with E-state index in [9.17, 15) is 17.6 Å². The molecule has 3 aromatic rings. The van der Waals surface area contributed by atoms with E-state index in [4.69, 9.17) is 0 Å². The summed E-state index contributed by atoms with van der Waals surface area (Å²) in [7, 11) is 0. The Morgan fingerprint density at radius 3 is 2.61 bits per heavy atom. The van der Waals surface area contributed by atoms with Crippen LogP contribution in [0, 0.1) is 5.82 Å². The smallest absolute Gasteiger partial charge is 0.354 e. The van der Waals surface area contributed by atoms with E-state index < -0.39 is 12.0 Å². The zero-order chi connectivity index (χ0) is 19.7. The molecule has 10 heteroatoms. The van der Waals surface area contributed by atoms with Gasteiger partial charge in [-0.15, -0.1) is 15.3 Å². The molecule has 2 aromatic heterocycles. The summed E-state index contributed by atoms with van der Waals surface area (Å²) >= 11 is 0. The molecule has 1 aromatic carbocycles. The molecule has 148 valence electrons. The first kappa shape index (κ1) is 18.6. The van der Waals surface area contributed by atoms with Gasteiger partial charge in [0.1, 0.15) is 11.6 Å². The van der Waals surface area contributed by atoms with Crippen molar-refractivity contribution < 1.29 is 17.6 Å². The Hall–Kier alpha value is -2.75. The molecule has 1 aliphatic heterocycles. The predicted octanol–water partition coefficient (Wildman–Crippen LogP) is 2.99. The van der Waals surface area contributed by atoms with Crippen molar-refractivity contribution in [2.24, 2.45) is 0 Å². The zero-order valence-corrected chi connectivity index (χ0v) is 14.9. The number of benzene rings is 1.